The fraction of sp³-hybridized carbons (Fsp3) is 0.423. The molecule has 1 aliphatic rings. The fourth-order valence-corrected chi connectivity index (χ4v) is 4.45. The summed E-state index contributed by atoms with van der Waals surface area (Å²) in [6.07, 6.45) is 4.09. The molecule has 1 N–H and O–H groups in total. The van der Waals surface area contributed by atoms with Crippen LogP contribution in [0.2, 0.25) is 0 Å². The summed E-state index contributed by atoms with van der Waals surface area (Å²) in [5.41, 5.74) is 2.01. The Morgan fingerprint density at radius 3 is 2.50 bits per heavy atom. The van der Waals surface area contributed by atoms with Crippen molar-refractivity contribution in [3.8, 4) is 0 Å². The topological polar surface area (TPSA) is 105 Å². The van der Waals surface area contributed by atoms with Crippen molar-refractivity contribution in [3.05, 3.63) is 64.1 Å². The molecule has 8 heteroatoms. The number of anilines is 1. The zero-order valence-electron chi connectivity index (χ0n) is 19.6. The van der Waals surface area contributed by atoms with Gasteiger partial charge in [-0.2, -0.15) is 0 Å². The SMILES string of the molecule is CC[C@@H](c1ccccc1)n1c(=O)c(CCCC(=O)O)nc2ccc(N(C)C(=O)C3CCC3)nc21. The first-order valence-corrected chi connectivity index (χ1v) is 11.9. The number of carboxylic acid groups (broad SMARTS) is 1. The van der Waals surface area contributed by atoms with Crippen molar-refractivity contribution in [1.29, 1.82) is 0 Å². The maximum absolute atomic E-state index is 13.6. The zero-order valence-corrected chi connectivity index (χ0v) is 19.6. The van der Waals surface area contributed by atoms with Crippen LogP contribution in [0.3, 0.4) is 0 Å². The lowest BCUT2D eigenvalue weighted by atomic mass is 9.84. The molecule has 0 saturated heterocycles. The Kier molecular flexibility index (Phi) is 7.05. The van der Waals surface area contributed by atoms with E-state index in [2.05, 4.69) is 4.98 Å². The minimum atomic E-state index is -0.901. The number of aromatic nitrogens is 3. The number of rotatable bonds is 9. The van der Waals surface area contributed by atoms with Crippen molar-refractivity contribution in [2.75, 3.05) is 11.9 Å². The van der Waals surface area contributed by atoms with Gasteiger partial charge < -0.3 is 5.11 Å². The molecule has 0 spiro atoms. The van der Waals surface area contributed by atoms with Crippen molar-refractivity contribution in [1.82, 2.24) is 14.5 Å². The molecular weight excluding hydrogens is 432 g/mol. The third-order valence-electron chi connectivity index (χ3n) is 6.60. The van der Waals surface area contributed by atoms with Crippen molar-refractivity contribution < 1.29 is 14.7 Å². The average Bonchev–Trinajstić information content (AvgIpc) is 2.80. The number of fused-ring (bicyclic) bond motifs is 1. The van der Waals surface area contributed by atoms with Crippen LogP contribution in [-0.2, 0) is 16.0 Å². The van der Waals surface area contributed by atoms with Gasteiger partial charge in [-0.25, -0.2) is 9.97 Å². The van der Waals surface area contributed by atoms with Gasteiger partial charge in [0.15, 0.2) is 5.65 Å². The quantitative estimate of drug-likeness (QED) is 0.516. The Labute approximate surface area is 198 Å². The molecule has 34 heavy (non-hydrogen) atoms. The molecule has 8 nitrogen and oxygen atoms in total. The predicted octanol–water partition coefficient (Wildman–Crippen LogP) is 3.96. The highest BCUT2D eigenvalue weighted by Gasteiger charge is 2.29. The van der Waals surface area contributed by atoms with E-state index in [0.29, 0.717) is 35.5 Å². The third-order valence-corrected chi connectivity index (χ3v) is 6.60. The fourth-order valence-electron chi connectivity index (χ4n) is 4.45. The predicted molar refractivity (Wildman–Crippen MR) is 130 cm³/mol. The highest BCUT2D eigenvalue weighted by atomic mass is 16.4. The Bertz CT molecular complexity index is 1250. The van der Waals surface area contributed by atoms with Crippen LogP contribution in [0.15, 0.2) is 47.3 Å². The van der Waals surface area contributed by atoms with Gasteiger partial charge in [-0.15, -0.1) is 0 Å². The summed E-state index contributed by atoms with van der Waals surface area (Å²) in [4.78, 5) is 48.3. The van der Waals surface area contributed by atoms with E-state index >= 15 is 0 Å². The number of nitrogens with zero attached hydrogens (tertiary/aromatic N) is 4. The Balaban J connectivity index is 1.84. The lowest BCUT2D eigenvalue weighted by molar-refractivity contribution is -0.137. The van der Waals surface area contributed by atoms with Gasteiger partial charge in [0.25, 0.3) is 5.56 Å². The van der Waals surface area contributed by atoms with Crippen molar-refractivity contribution in [3.63, 3.8) is 0 Å². The van der Waals surface area contributed by atoms with Crippen LogP contribution in [0, 0.1) is 5.92 Å². The summed E-state index contributed by atoms with van der Waals surface area (Å²) in [6.45, 7) is 2.01. The van der Waals surface area contributed by atoms with Gasteiger partial charge in [-0.1, -0.05) is 43.7 Å². The summed E-state index contributed by atoms with van der Waals surface area (Å²) in [5.74, 6) is -0.337. The Morgan fingerprint density at radius 2 is 1.88 bits per heavy atom. The first-order valence-electron chi connectivity index (χ1n) is 11.9. The van der Waals surface area contributed by atoms with Crippen molar-refractivity contribution in [2.45, 2.75) is 57.9 Å². The monoisotopic (exact) mass is 462 g/mol. The molecule has 2 heterocycles. The number of pyridine rings is 1. The maximum Gasteiger partial charge on any atom is 0.303 e. The number of carbonyl (C=O) groups excluding carboxylic acids is 1. The molecule has 1 amide bonds. The molecule has 1 atom stereocenters. The summed E-state index contributed by atoms with van der Waals surface area (Å²) in [7, 11) is 1.72. The van der Waals surface area contributed by atoms with E-state index in [1.165, 1.54) is 0 Å². The van der Waals surface area contributed by atoms with Crippen LogP contribution in [0.1, 0.15) is 62.7 Å². The first kappa shape index (κ1) is 23.6. The molecule has 1 saturated carbocycles. The number of hydrogen-bond donors (Lipinski definition) is 1. The third kappa shape index (κ3) is 4.71. The normalized spacial score (nSPS) is 14.5. The summed E-state index contributed by atoms with van der Waals surface area (Å²) >= 11 is 0. The molecule has 0 aliphatic heterocycles. The second-order valence-electron chi connectivity index (χ2n) is 8.85. The van der Waals surface area contributed by atoms with Crippen molar-refractivity contribution in [2.24, 2.45) is 5.92 Å². The molecule has 2 aromatic heterocycles. The second kappa shape index (κ2) is 10.2. The maximum atomic E-state index is 13.6. The van der Waals surface area contributed by atoms with Gasteiger partial charge in [0, 0.05) is 19.4 Å². The summed E-state index contributed by atoms with van der Waals surface area (Å²) in [6, 6.07) is 13.0. The van der Waals surface area contributed by atoms with E-state index in [0.717, 1.165) is 24.8 Å². The van der Waals surface area contributed by atoms with E-state index in [9.17, 15) is 14.4 Å². The van der Waals surface area contributed by atoms with Gasteiger partial charge >= 0.3 is 5.97 Å². The largest absolute Gasteiger partial charge is 0.481 e. The van der Waals surface area contributed by atoms with Crippen LogP contribution in [-0.4, -0.2) is 38.6 Å². The minimum absolute atomic E-state index is 0.0275. The molecule has 1 fully saturated rings. The smallest absolute Gasteiger partial charge is 0.303 e. The van der Waals surface area contributed by atoms with Gasteiger partial charge in [0.05, 0.1) is 6.04 Å². The first-order chi connectivity index (χ1) is 16.4. The number of amides is 1. The number of aryl methyl sites for hydroxylation is 1. The highest BCUT2D eigenvalue weighted by molar-refractivity contribution is 5.94. The summed E-state index contributed by atoms with van der Waals surface area (Å²) < 4.78 is 1.67. The molecule has 1 aromatic carbocycles. The van der Waals surface area contributed by atoms with Crippen molar-refractivity contribution >= 4 is 28.9 Å². The Hall–Kier alpha value is -3.55. The van der Waals surface area contributed by atoms with E-state index in [-0.39, 0.29) is 36.3 Å². The number of aliphatic carboxylic acids is 1. The Morgan fingerprint density at radius 1 is 1.15 bits per heavy atom. The van der Waals surface area contributed by atoms with Gasteiger partial charge in [-0.05, 0) is 49.8 Å². The lowest BCUT2D eigenvalue weighted by Crippen LogP contribution is -2.37. The number of benzene rings is 1. The van der Waals surface area contributed by atoms with Gasteiger partial charge in [0.1, 0.15) is 17.0 Å². The molecule has 178 valence electrons. The second-order valence-corrected chi connectivity index (χ2v) is 8.85. The standard InChI is InChI=1S/C26H30N4O4/c1-3-21(17-9-5-4-6-10-17)30-24-19(27-20(26(30)34)13-8-14-23(31)32)15-16-22(28-24)29(2)25(33)18-11-7-12-18/h4-6,9-10,15-16,18,21H,3,7-8,11-14H2,1-2H3,(H,31,32)/t21-/m0/s1. The molecule has 0 unspecified atom stereocenters. The molecule has 4 rings (SSSR count). The van der Waals surface area contributed by atoms with Crippen LogP contribution in [0.25, 0.3) is 11.2 Å². The van der Waals surface area contributed by atoms with E-state index < -0.39 is 5.97 Å². The van der Waals surface area contributed by atoms with E-state index in [4.69, 9.17) is 10.1 Å². The van der Waals surface area contributed by atoms with Gasteiger partial charge in [-0.3, -0.25) is 23.9 Å². The average molecular weight is 463 g/mol. The number of carbonyl (C=O) groups is 2. The molecule has 0 radical (unpaired) electrons. The minimum Gasteiger partial charge on any atom is -0.481 e. The van der Waals surface area contributed by atoms with Crippen LogP contribution < -0.4 is 10.5 Å². The number of hydrogen-bond acceptors (Lipinski definition) is 5. The molecule has 0 bridgehead atoms. The number of carboxylic acids is 1. The van der Waals surface area contributed by atoms with E-state index in [1.807, 2.05) is 37.3 Å². The molecular formula is C26H30N4O4. The van der Waals surface area contributed by atoms with E-state index in [1.54, 1.807) is 28.6 Å². The van der Waals surface area contributed by atoms with Gasteiger partial charge in [0.2, 0.25) is 5.91 Å². The summed E-state index contributed by atoms with van der Waals surface area (Å²) in [5, 5.41) is 9.00. The highest BCUT2D eigenvalue weighted by Crippen LogP contribution is 2.30. The zero-order chi connectivity index (χ0) is 24.2. The van der Waals surface area contributed by atoms with Crippen LogP contribution in [0.5, 0.6) is 0 Å². The lowest BCUT2D eigenvalue weighted by Gasteiger charge is -2.29. The van der Waals surface area contributed by atoms with Crippen LogP contribution in [0.4, 0.5) is 5.82 Å². The molecule has 3 aromatic rings. The molecule has 1 aliphatic carbocycles. The van der Waals surface area contributed by atoms with Crippen LogP contribution >= 0.6 is 0 Å².